The lowest BCUT2D eigenvalue weighted by Crippen LogP contribution is -2.34. The Balaban J connectivity index is 2.10. The fraction of sp³-hybridized carbons (Fsp3) is 0.286. The Labute approximate surface area is 206 Å². The molecule has 0 radical (unpaired) electrons. The van der Waals surface area contributed by atoms with Crippen molar-refractivity contribution in [3.05, 3.63) is 58.3 Å². The molecule has 0 aliphatic rings. The fourth-order valence-corrected chi connectivity index (χ4v) is 3.58. The number of benzene rings is 1. The monoisotopic (exact) mass is 556 g/mol. The number of hydrogen-bond acceptors (Lipinski definition) is 4. The molecule has 2 unspecified atom stereocenters. The second kappa shape index (κ2) is 9.51. The Morgan fingerprint density at radius 3 is 2.39 bits per heavy atom. The molecule has 2 aromatic heterocycles. The van der Waals surface area contributed by atoms with Gasteiger partial charge in [0.05, 0.1) is 10.6 Å². The van der Waals surface area contributed by atoms with Crippen molar-refractivity contribution in [1.29, 1.82) is 0 Å². The normalized spacial score (nSPS) is 14.0. The second-order valence-corrected chi connectivity index (χ2v) is 9.02. The van der Waals surface area contributed by atoms with E-state index in [4.69, 9.17) is 16.1 Å². The standard InChI is InChI=1S/C21H17ClF7N4O2P/c1-9(2)8-30-18(34)11-6-10(4-5-12(11)22)14-7-13(32-35-14)16-15(20(24,25)26)17(31-33(16)3)19(23,36)21(27,28)29/h4-7H,1,8,36H2,2-3H3,(H,30,34). The molecule has 0 bridgehead atoms. The Morgan fingerprint density at radius 2 is 1.83 bits per heavy atom. The van der Waals surface area contributed by atoms with E-state index in [2.05, 4.69) is 22.2 Å². The molecule has 1 aromatic carbocycles. The maximum absolute atomic E-state index is 14.5. The molecule has 0 aliphatic carbocycles. The van der Waals surface area contributed by atoms with E-state index in [1.54, 1.807) is 6.92 Å². The number of alkyl halides is 7. The van der Waals surface area contributed by atoms with Crippen molar-refractivity contribution >= 4 is 26.7 Å². The van der Waals surface area contributed by atoms with Crippen LogP contribution in [0, 0.1) is 0 Å². The van der Waals surface area contributed by atoms with E-state index in [9.17, 15) is 35.5 Å². The summed E-state index contributed by atoms with van der Waals surface area (Å²) >= 11 is 6.07. The fourth-order valence-electron chi connectivity index (χ4n) is 3.18. The Hall–Kier alpha value is -2.92. The topological polar surface area (TPSA) is 73.0 Å². The molecule has 1 amide bonds. The van der Waals surface area contributed by atoms with Crippen molar-refractivity contribution in [1.82, 2.24) is 20.3 Å². The largest absolute Gasteiger partial charge is 0.431 e. The van der Waals surface area contributed by atoms with Crippen molar-refractivity contribution in [3.8, 4) is 22.7 Å². The summed E-state index contributed by atoms with van der Waals surface area (Å²) in [6.45, 7) is 5.51. The van der Waals surface area contributed by atoms with Crippen LogP contribution in [0.2, 0.25) is 5.02 Å². The molecule has 36 heavy (non-hydrogen) atoms. The molecule has 1 N–H and O–H groups in total. The molecule has 0 saturated carbocycles. The van der Waals surface area contributed by atoms with Gasteiger partial charge < -0.3 is 9.84 Å². The quantitative estimate of drug-likeness (QED) is 0.220. The van der Waals surface area contributed by atoms with Crippen molar-refractivity contribution in [3.63, 3.8) is 0 Å². The smallest absolute Gasteiger partial charge is 0.356 e. The first kappa shape index (κ1) is 27.7. The van der Waals surface area contributed by atoms with E-state index >= 15 is 0 Å². The van der Waals surface area contributed by atoms with Gasteiger partial charge in [0.1, 0.15) is 22.6 Å². The zero-order valence-corrected chi connectivity index (χ0v) is 20.4. The minimum atomic E-state index is -5.71. The molecule has 15 heteroatoms. The lowest BCUT2D eigenvalue weighted by molar-refractivity contribution is -0.202. The summed E-state index contributed by atoms with van der Waals surface area (Å²) in [6.07, 6.45) is -11.1. The molecule has 6 nitrogen and oxygen atoms in total. The Kier molecular flexibility index (Phi) is 7.31. The highest BCUT2D eigenvalue weighted by atomic mass is 35.5. The summed E-state index contributed by atoms with van der Waals surface area (Å²) < 4.78 is 101. The zero-order valence-electron chi connectivity index (χ0n) is 18.5. The third-order valence-corrected chi connectivity index (χ3v) is 5.82. The van der Waals surface area contributed by atoms with Crippen LogP contribution in [0.5, 0.6) is 0 Å². The first-order chi connectivity index (χ1) is 16.4. The summed E-state index contributed by atoms with van der Waals surface area (Å²) in [5, 5.41) is 4.86. The molecule has 2 atom stereocenters. The van der Waals surface area contributed by atoms with Gasteiger partial charge in [-0.05, 0) is 25.1 Å². The molecule has 194 valence electrons. The van der Waals surface area contributed by atoms with Gasteiger partial charge in [0.15, 0.2) is 5.76 Å². The third kappa shape index (κ3) is 5.27. The third-order valence-electron chi connectivity index (χ3n) is 4.89. The summed E-state index contributed by atoms with van der Waals surface area (Å²) in [4.78, 5) is 12.4. The number of hydrogen-bond donors (Lipinski definition) is 1. The van der Waals surface area contributed by atoms with Crippen LogP contribution in [-0.4, -0.2) is 33.6 Å². The van der Waals surface area contributed by atoms with Crippen LogP contribution >= 0.6 is 20.8 Å². The number of aryl methyl sites for hydroxylation is 1. The van der Waals surface area contributed by atoms with E-state index in [0.717, 1.165) is 22.4 Å². The minimum absolute atomic E-state index is 0.0163. The highest BCUT2D eigenvalue weighted by Crippen LogP contribution is 2.52. The maximum atomic E-state index is 14.5. The number of amides is 1. The van der Waals surface area contributed by atoms with Crippen molar-refractivity contribution in [2.75, 3.05) is 6.54 Å². The molecule has 3 aromatic rings. The molecule has 0 spiro atoms. The highest BCUT2D eigenvalue weighted by Gasteiger charge is 2.60. The van der Waals surface area contributed by atoms with Crippen molar-refractivity contribution in [2.24, 2.45) is 7.05 Å². The van der Waals surface area contributed by atoms with Crippen molar-refractivity contribution in [2.45, 2.75) is 24.7 Å². The number of rotatable bonds is 6. The van der Waals surface area contributed by atoms with Gasteiger partial charge in [-0.25, -0.2) is 4.39 Å². The molecule has 0 fully saturated rings. The average molecular weight is 557 g/mol. The number of nitrogens with one attached hydrogen (secondary N) is 1. The van der Waals surface area contributed by atoms with Crippen LogP contribution < -0.4 is 5.32 Å². The number of halogens is 8. The first-order valence-corrected chi connectivity index (χ1v) is 10.8. The number of carbonyl (C=O) groups is 1. The number of nitrogens with zero attached hydrogens (tertiary/aromatic N) is 3. The second-order valence-electron chi connectivity index (χ2n) is 7.81. The van der Waals surface area contributed by atoms with Gasteiger partial charge in [0, 0.05) is 25.2 Å². The Bertz CT molecular complexity index is 1330. The molecule has 0 saturated heterocycles. The van der Waals surface area contributed by atoms with E-state index in [1.165, 1.54) is 18.2 Å². The average Bonchev–Trinajstić information content (AvgIpc) is 3.36. The van der Waals surface area contributed by atoms with Gasteiger partial charge >= 0.3 is 12.4 Å². The summed E-state index contributed by atoms with van der Waals surface area (Å²) in [5.41, 5.74) is -4.51. The molecule has 0 aliphatic heterocycles. The van der Waals surface area contributed by atoms with Crippen LogP contribution in [0.15, 0.2) is 40.9 Å². The predicted molar refractivity (Wildman–Crippen MR) is 120 cm³/mol. The highest BCUT2D eigenvalue weighted by molar-refractivity contribution is 7.18. The summed E-state index contributed by atoms with van der Waals surface area (Å²) in [5.74, 6) is -0.702. The molecule has 2 heterocycles. The van der Waals surface area contributed by atoms with Gasteiger partial charge in [-0.15, -0.1) is 0 Å². The van der Waals surface area contributed by atoms with Crippen LogP contribution in [0.4, 0.5) is 30.7 Å². The van der Waals surface area contributed by atoms with Gasteiger partial charge in [-0.3, -0.25) is 9.48 Å². The lowest BCUT2D eigenvalue weighted by Gasteiger charge is -2.23. The summed E-state index contributed by atoms with van der Waals surface area (Å²) in [6, 6.07) is 5.01. The Morgan fingerprint density at radius 1 is 1.19 bits per heavy atom. The van der Waals surface area contributed by atoms with Crippen LogP contribution in [0.3, 0.4) is 0 Å². The minimum Gasteiger partial charge on any atom is -0.356 e. The molecular formula is C21H17ClF7N4O2P. The first-order valence-electron chi connectivity index (χ1n) is 9.84. The SMILES string of the molecule is C=C(C)CNC(=O)c1cc(-c2cc(-c3c(C(F)(F)F)c(C(F)(P)C(F)(F)F)nn3C)no2)ccc1Cl. The van der Waals surface area contributed by atoms with Crippen LogP contribution in [0.1, 0.15) is 28.5 Å². The van der Waals surface area contributed by atoms with E-state index in [0.29, 0.717) is 10.3 Å². The van der Waals surface area contributed by atoms with Gasteiger partial charge in [-0.2, -0.15) is 31.4 Å². The number of aromatic nitrogens is 3. The number of carbonyl (C=O) groups excluding carboxylic acids is 1. The van der Waals surface area contributed by atoms with Crippen molar-refractivity contribution < 1.29 is 40.1 Å². The predicted octanol–water partition coefficient (Wildman–Crippen LogP) is 6.28. The van der Waals surface area contributed by atoms with Gasteiger partial charge in [-0.1, -0.05) is 38.1 Å². The lowest BCUT2D eigenvalue weighted by atomic mass is 10.0. The zero-order chi connectivity index (χ0) is 27.2. The molecular weight excluding hydrogens is 540 g/mol. The van der Waals surface area contributed by atoms with E-state index in [1.807, 2.05) is 0 Å². The van der Waals surface area contributed by atoms with E-state index in [-0.39, 0.29) is 28.5 Å². The maximum Gasteiger partial charge on any atom is 0.431 e. The molecule has 3 rings (SSSR count). The van der Waals surface area contributed by atoms with Gasteiger partial charge in [0.2, 0.25) is 0 Å². The van der Waals surface area contributed by atoms with Gasteiger partial charge in [0.25, 0.3) is 11.3 Å². The van der Waals surface area contributed by atoms with Crippen LogP contribution in [0.25, 0.3) is 22.7 Å². The van der Waals surface area contributed by atoms with E-state index < -0.39 is 46.3 Å². The van der Waals surface area contributed by atoms with Crippen LogP contribution in [-0.2, 0) is 18.6 Å². The summed E-state index contributed by atoms with van der Waals surface area (Å²) in [7, 11) is 1.64.